The van der Waals surface area contributed by atoms with Gasteiger partial charge in [-0.1, -0.05) is 43.3 Å². The summed E-state index contributed by atoms with van der Waals surface area (Å²) in [7, 11) is 0. The Morgan fingerprint density at radius 2 is 1.82 bits per heavy atom. The molecular formula is C23H23NO4. The highest BCUT2D eigenvalue weighted by Crippen LogP contribution is 2.27. The number of fused-ring (bicyclic) bond motifs is 1. The van der Waals surface area contributed by atoms with Crippen LogP contribution in [0.5, 0.6) is 5.75 Å². The van der Waals surface area contributed by atoms with E-state index in [1.54, 1.807) is 18.2 Å². The summed E-state index contributed by atoms with van der Waals surface area (Å²) in [5.74, 6) is 0.668. The summed E-state index contributed by atoms with van der Waals surface area (Å²) in [4.78, 5) is 24.0. The minimum absolute atomic E-state index is 0.0205. The van der Waals surface area contributed by atoms with Gasteiger partial charge in [-0.15, -0.1) is 0 Å². The normalized spacial score (nSPS) is 11.1. The lowest BCUT2D eigenvalue weighted by Crippen LogP contribution is -2.28. The van der Waals surface area contributed by atoms with Crippen molar-refractivity contribution in [3.05, 3.63) is 71.5 Å². The summed E-state index contributed by atoms with van der Waals surface area (Å²) in [5, 5.41) is 3.65. The first-order valence-electron chi connectivity index (χ1n) is 9.34. The molecule has 0 aliphatic carbocycles. The highest BCUT2D eigenvalue weighted by Gasteiger charge is 2.17. The molecule has 0 saturated carbocycles. The second-order valence-corrected chi connectivity index (χ2v) is 6.27. The van der Waals surface area contributed by atoms with Crippen molar-refractivity contribution in [3.8, 4) is 5.75 Å². The molecule has 0 aliphatic heterocycles. The Kier molecular flexibility index (Phi) is 6.27. The molecule has 2 aromatic carbocycles. The fourth-order valence-corrected chi connectivity index (χ4v) is 2.97. The van der Waals surface area contributed by atoms with Crippen molar-refractivity contribution in [3.63, 3.8) is 0 Å². The van der Waals surface area contributed by atoms with Crippen molar-refractivity contribution in [2.45, 2.75) is 20.3 Å². The molecule has 1 aromatic heterocycles. The van der Waals surface area contributed by atoms with Gasteiger partial charge >= 0.3 is 0 Å². The number of ether oxygens (including phenoxy) is 1. The van der Waals surface area contributed by atoms with E-state index in [9.17, 15) is 9.59 Å². The number of carbonyl (C=O) groups excluding carboxylic acids is 2. The Bertz CT molecular complexity index is 999. The van der Waals surface area contributed by atoms with Gasteiger partial charge in [-0.05, 0) is 43.2 Å². The molecule has 5 heteroatoms. The number of amides is 1. The number of para-hydroxylation sites is 1. The summed E-state index contributed by atoms with van der Waals surface area (Å²) < 4.78 is 11.2. The first-order chi connectivity index (χ1) is 13.6. The van der Waals surface area contributed by atoms with Gasteiger partial charge in [0.25, 0.3) is 5.91 Å². The van der Waals surface area contributed by atoms with Gasteiger partial charge in [-0.3, -0.25) is 9.59 Å². The fraction of sp³-hybridized carbons (Fsp3) is 0.217. The van der Waals surface area contributed by atoms with Crippen LogP contribution in [0.15, 0.2) is 59.0 Å². The molecule has 0 fully saturated rings. The number of hydrogen-bond donors (Lipinski definition) is 1. The number of likely N-dealkylation sites (N-methyl/N-ethyl adjacent to an activating group) is 1. The number of nitrogens with one attached hydrogen (secondary N) is 1. The topological polar surface area (TPSA) is 68.5 Å². The molecule has 144 valence electrons. The highest BCUT2D eigenvalue weighted by molar-refractivity contribution is 6.08. The van der Waals surface area contributed by atoms with Crippen molar-refractivity contribution < 1.29 is 18.7 Å². The molecule has 1 amide bonds. The summed E-state index contributed by atoms with van der Waals surface area (Å²) in [6.07, 6.45) is 3.98. The first kappa shape index (κ1) is 19.4. The number of allylic oxidation sites excluding steroid dienone is 1. The average Bonchev–Trinajstić information content (AvgIpc) is 3.10. The van der Waals surface area contributed by atoms with E-state index in [0.717, 1.165) is 28.5 Å². The molecule has 0 spiro atoms. The molecule has 0 radical (unpaired) electrons. The van der Waals surface area contributed by atoms with Crippen molar-refractivity contribution in [2.24, 2.45) is 0 Å². The van der Waals surface area contributed by atoms with Gasteiger partial charge in [-0.25, -0.2) is 0 Å². The van der Waals surface area contributed by atoms with E-state index in [0.29, 0.717) is 18.1 Å². The van der Waals surface area contributed by atoms with Gasteiger partial charge in [0.1, 0.15) is 11.3 Å². The highest BCUT2D eigenvalue weighted by atomic mass is 16.5. The molecular weight excluding hydrogens is 354 g/mol. The SMILES string of the molecule is CCNC(=O)COc1ccc(/C=C/C(=O)c2oc3ccccc3c2CC)cc1. The van der Waals surface area contributed by atoms with Crippen molar-refractivity contribution in [1.82, 2.24) is 5.32 Å². The Morgan fingerprint density at radius 3 is 2.54 bits per heavy atom. The Hall–Kier alpha value is -3.34. The number of aryl methyl sites for hydroxylation is 1. The Labute approximate surface area is 164 Å². The molecule has 5 nitrogen and oxygen atoms in total. The van der Waals surface area contributed by atoms with Crippen LogP contribution in [0.1, 0.15) is 35.5 Å². The maximum atomic E-state index is 12.6. The Morgan fingerprint density at radius 1 is 1.07 bits per heavy atom. The maximum Gasteiger partial charge on any atom is 0.257 e. The molecule has 0 atom stereocenters. The van der Waals surface area contributed by atoms with Crippen LogP contribution >= 0.6 is 0 Å². The van der Waals surface area contributed by atoms with Crippen LogP contribution < -0.4 is 10.1 Å². The predicted molar refractivity (Wildman–Crippen MR) is 110 cm³/mol. The Balaban J connectivity index is 1.68. The minimum Gasteiger partial charge on any atom is -0.484 e. The van der Waals surface area contributed by atoms with Crippen LogP contribution in [-0.4, -0.2) is 24.8 Å². The van der Waals surface area contributed by atoms with E-state index in [4.69, 9.17) is 9.15 Å². The van der Waals surface area contributed by atoms with E-state index in [2.05, 4.69) is 5.32 Å². The molecule has 1 N–H and O–H groups in total. The quantitative estimate of drug-likeness (QED) is 0.466. The van der Waals surface area contributed by atoms with E-state index < -0.39 is 0 Å². The van der Waals surface area contributed by atoms with Crippen LogP contribution in [0.2, 0.25) is 0 Å². The van der Waals surface area contributed by atoms with Crippen LogP contribution in [0, 0.1) is 0 Å². The smallest absolute Gasteiger partial charge is 0.257 e. The van der Waals surface area contributed by atoms with E-state index >= 15 is 0 Å². The summed E-state index contributed by atoms with van der Waals surface area (Å²) in [6, 6.07) is 14.9. The number of furan rings is 1. The van der Waals surface area contributed by atoms with Crippen LogP contribution in [-0.2, 0) is 11.2 Å². The third-order valence-electron chi connectivity index (χ3n) is 4.33. The van der Waals surface area contributed by atoms with E-state index in [1.807, 2.05) is 50.2 Å². The van der Waals surface area contributed by atoms with Crippen molar-refractivity contribution >= 4 is 28.7 Å². The molecule has 0 unspecified atom stereocenters. The molecule has 1 heterocycles. The lowest BCUT2D eigenvalue weighted by atomic mass is 10.1. The lowest BCUT2D eigenvalue weighted by Gasteiger charge is -2.06. The second kappa shape index (κ2) is 9.04. The van der Waals surface area contributed by atoms with Gasteiger partial charge in [-0.2, -0.15) is 0 Å². The largest absolute Gasteiger partial charge is 0.484 e. The van der Waals surface area contributed by atoms with Gasteiger partial charge in [0.05, 0.1) is 0 Å². The minimum atomic E-state index is -0.162. The number of ketones is 1. The fourth-order valence-electron chi connectivity index (χ4n) is 2.97. The zero-order valence-electron chi connectivity index (χ0n) is 16.0. The van der Waals surface area contributed by atoms with Gasteiger partial charge in [0.2, 0.25) is 5.78 Å². The average molecular weight is 377 g/mol. The molecule has 3 rings (SSSR count). The van der Waals surface area contributed by atoms with E-state index in [1.165, 1.54) is 6.08 Å². The monoisotopic (exact) mass is 377 g/mol. The molecule has 0 saturated heterocycles. The van der Waals surface area contributed by atoms with Crippen LogP contribution in [0.3, 0.4) is 0 Å². The molecule has 0 aliphatic rings. The molecule has 3 aromatic rings. The molecule has 0 bridgehead atoms. The number of carbonyl (C=O) groups is 2. The number of benzene rings is 2. The van der Waals surface area contributed by atoms with Crippen molar-refractivity contribution in [2.75, 3.05) is 13.2 Å². The van der Waals surface area contributed by atoms with E-state index in [-0.39, 0.29) is 18.3 Å². The third-order valence-corrected chi connectivity index (χ3v) is 4.33. The second-order valence-electron chi connectivity index (χ2n) is 6.27. The van der Waals surface area contributed by atoms with Gasteiger partial charge in [0.15, 0.2) is 12.4 Å². The van der Waals surface area contributed by atoms with Crippen LogP contribution in [0.4, 0.5) is 0 Å². The number of rotatable bonds is 8. The third kappa shape index (κ3) is 4.49. The summed E-state index contributed by atoms with van der Waals surface area (Å²) >= 11 is 0. The van der Waals surface area contributed by atoms with Crippen LogP contribution in [0.25, 0.3) is 17.0 Å². The predicted octanol–water partition coefficient (Wildman–Crippen LogP) is 4.41. The van der Waals surface area contributed by atoms with Gasteiger partial charge in [0, 0.05) is 17.5 Å². The summed E-state index contributed by atoms with van der Waals surface area (Å²) in [6.45, 7) is 4.42. The van der Waals surface area contributed by atoms with Crippen molar-refractivity contribution in [1.29, 1.82) is 0 Å². The standard InChI is InChI=1S/C23H23NO4/c1-3-18-19-7-5-6-8-21(19)28-23(18)20(25)14-11-16-9-12-17(13-10-16)27-15-22(26)24-4-2/h5-14H,3-4,15H2,1-2H3,(H,24,26)/b14-11+. The number of hydrogen-bond acceptors (Lipinski definition) is 4. The maximum absolute atomic E-state index is 12.6. The zero-order chi connectivity index (χ0) is 19.9. The van der Waals surface area contributed by atoms with Gasteiger partial charge < -0.3 is 14.5 Å². The first-order valence-corrected chi connectivity index (χ1v) is 9.34. The molecule has 28 heavy (non-hydrogen) atoms. The lowest BCUT2D eigenvalue weighted by molar-refractivity contribution is -0.122. The summed E-state index contributed by atoms with van der Waals surface area (Å²) in [5.41, 5.74) is 2.51. The zero-order valence-corrected chi connectivity index (χ0v) is 16.0.